The van der Waals surface area contributed by atoms with E-state index < -0.39 is 0 Å². The summed E-state index contributed by atoms with van der Waals surface area (Å²) in [5.41, 5.74) is 7.57. The number of nitrogens with zero attached hydrogens (tertiary/aromatic N) is 3. The average molecular weight is 260 g/mol. The largest absolute Gasteiger partial charge is 0.397 e. The molecular formula is C15H24N4. The van der Waals surface area contributed by atoms with E-state index in [1.165, 1.54) is 38.8 Å². The van der Waals surface area contributed by atoms with Gasteiger partial charge in [-0.25, -0.2) is 4.98 Å². The van der Waals surface area contributed by atoms with Gasteiger partial charge < -0.3 is 10.6 Å². The molecular weight excluding hydrogens is 236 g/mol. The number of piperidine rings is 1. The Morgan fingerprint density at radius 2 is 1.95 bits per heavy atom. The van der Waals surface area contributed by atoms with E-state index in [1.54, 1.807) is 0 Å². The van der Waals surface area contributed by atoms with E-state index in [4.69, 9.17) is 5.73 Å². The van der Waals surface area contributed by atoms with Crippen molar-refractivity contribution >= 4 is 11.5 Å². The second kappa shape index (κ2) is 5.37. The number of hydrogen-bond donors (Lipinski definition) is 1. The van der Waals surface area contributed by atoms with Gasteiger partial charge in [0.05, 0.1) is 11.4 Å². The molecule has 1 aromatic rings. The minimum atomic E-state index is 0.722. The Morgan fingerprint density at radius 1 is 1.16 bits per heavy atom. The fourth-order valence-corrected chi connectivity index (χ4v) is 3.27. The molecule has 0 bridgehead atoms. The molecule has 0 aromatic carbocycles. The van der Waals surface area contributed by atoms with Crippen molar-refractivity contribution in [3.63, 3.8) is 0 Å². The quantitative estimate of drug-likeness (QED) is 0.884. The van der Waals surface area contributed by atoms with Gasteiger partial charge in [0.2, 0.25) is 0 Å². The molecule has 3 heterocycles. The molecule has 3 rings (SSSR count). The number of aromatic nitrogens is 1. The summed E-state index contributed by atoms with van der Waals surface area (Å²) < 4.78 is 0. The van der Waals surface area contributed by atoms with Gasteiger partial charge in [-0.05, 0) is 51.4 Å². The average Bonchev–Trinajstić information content (AvgIpc) is 2.93. The van der Waals surface area contributed by atoms with Gasteiger partial charge in [-0.15, -0.1) is 0 Å². The third kappa shape index (κ3) is 2.68. The van der Waals surface area contributed by atoms with Gasteiger partial charge in [0.1, 0.15) is 5.82 Å². The Kier molecular flexibility index (Phi) is 3.60. The molecule has 2 saturated heterocycles. The van der Waals surface area contributed by atoms with Crippen LogP contribution in [0.1, 0.15) is 31.4 Å². The molecule has 0 amide bonds. The lowest BCUT2D eigenvalue weighted by Crippen LogP contribution is -2.40. The maximum atomic E-state index is 5.84. The zero-order valence-electron chi connectivity index (χ0n) is 11.8. The van der Waals surface area contributed by atoms with E-state index in [1.807, 2.05) is 13.0 Å². The van der Waals surface area contributed by atoms with Crippen LogP contribution in [0.4, 0.5) is 11.5 Å². The standard InChI is InChI=1S/C15H24N4/c1-12-14(16)5-6-15(17-12)19-10-7-13(11-19)18-8-3-2-4-9-18/h5-6,13H,2-4,7-11,16H2,1H3. The third-order valence-corrected chi connectivity index (χ3v) is 4.51. The number of nitrogen functional groups attached to an aromatic ring is 1. The zero-order chi connectivity index (χ0) is 13.2. The van der Waals surface area contributed by atoms with Crippen LogP contribution in [0.15, 0.2) is 12.1 Å². The summed E-state index contributed by atoms with van der Waals surface area (Å²) in [6.45, 7) is 6.80. The van der Waals surface area contributed by atoms with Crippen LogP contribution in [0.2, 0.25) is 0 Å². The van der Waals surface area contributed by atoms with Crippen LogP contribution >= 0.6 is 0 Å². The molecule has 4 nitrogen and oxygen atoms in total. The van der Waals surface area contributed by atoms with Crippen molar-refractivity contribution in [3.05, 3.63) is 17.8 Å². The lowest BCUT2D eigenvalue weighted by Gasteiger charge is -2.32. The van der Waals surface area contributed by atoms with Crippen LogP contribution in [0.3, 0.4) is 0 Å². The molecule has 1 aromatic heterocycles. The number of rotatable bonds is 2. The van der Waals surface area contributed by atoms with Gasteiger partial charge in [-0.3, -0.25) is 4.90 Å². The molecule has 0 radical (unpaired) electrons. The zero-order valence-corrected chi connectivity index (χ0v) is 11.8. The van der Waals surface area contributed by atoms with Gasteiger partial charge >= 0.3 is 0 Å². The number of aryl methyl sites for hydroxylation is 1. The fourth-order valence-electron chi connectivity index (χ4n) is 3.27. The SMILES string of the molecule is Cc1nc(N2CCC(N3CCCCC3)C2)ccc1N. The van der Waals surface area contributed by atoms with Crippen LogP contribution in [-0.4, -0.2) is 42.1 Å². The van der Waals surface area contributed by atoms with E-state index >= 15 is 0 Å². The van der Waals surface area contributed by atoms with Crippen LogP contribution in [0.25, 0.3) is 0 Å². The first-order chi connectivity index (χ1) is 9.24. The van der Waals surface area contributed by atoms with Crippen LogP contribution < -0.4 is 10.6 Å². The molecule has 0 aliphatic carbocycles. The summed E-state index contributed by atoms with van der Waals surface area (Å²) in [6, 6.07) is 4.76. The topological polar surface area (TPSA) is 45.4 Å². The first-order valence-corrected chi connectivity index (χ1v) is 7.46. The van der Waals surface area contributed by atoms with Gasteiger partial charge in [0, 0.05) is 19.1 Å². The molecule has 2 aliphatic rings. The van der Waals surface area contributed by atoms with Crippen molar-refractivity contribution in [2.45, 2.75) is 38.6 Å². The molecule has 19 heavy (non-hydrogen) atoms. The molecule has 2 aliphatic heterocycles. The van der Waals surface area contributed by atoms with Crippen molar-refractivity contribution in [3.8, 4) is 0 Å². The van der Waals surface area contributed by atoms with Crippen molar-refractivity contribution < 1.29 is 0 Å². The maximum Gasteiger partial charge on any atom is 0.129 e. The Labute approximate surface area is 115 Å². The van der Waals surface area contributed by atoms with Gasteiger partial charge in [-0.1, -0.05) is 6.42 Å². The number of hydrogen-bond acceptors (Lipinski definition) is 4. The van der Waals surface area contributed by atoms with Gasteiger partial charge in [0.15, 0.2) is 0 Å². The third-order valence-electron chi connectivity index (χ3n) is 4.51. The Hall–Kier alpha value is -1.29. The summed E-state index contributed by atoms with van der Waals surface area (Å²) in [5.74, 6) is 1.09. The van der Waals surface area contributed by atoms with Crippen molar-refractivity contribution in [2.24, 2.45) is 0 Å². The van der Waals surface area contributed by atoms with E-state index in [9.17, 15) is 0 Å². The molecule has 0 saturated carbocycles. The van der Waals surface area contributed by atoms with Crippen molar-refractivity contribution in [2.75, 3.05) is 36.8 Å². The molecule has 104 valence electrons. The monoisotopic (exact) mass is 260 g/mol. The van der Waals surface area contributed by atoms with E-state index in [2.05, 4.69) is 20.9 Å². The van der Waals surface area contributed by atoms with Crippen molar-refractivity contribution in [1.29, 1.82) is 0 Å². The predicted octanol–water partition coefficient (Wildman–Crippen LogP) is 2.04. The highest BCUT2D eigenvalue weighted by Crippen LogP contribution is 2.25. The van der Waals surface area contributed by atoms with E-state index in [0.717, 1.165) is 36.3 Å². The molecule has 0 spiro atoms. The first kappa shape index (κ1) is 12.7. The molecule has 4 heteroatoms. The molecule has 2 fully saturated rings. The van der Waals surface area contributed by atoms with Crippen LogP contribution in [0, 0.1) is 6.92 Å². The minimum Gasteiger partial charge on any atom is -0.397 e. The summed E-state index contributed by atoms with van der Waals surface area (Å²) in [5, 5.41) is 0. The number of nitrogens with two attached hydrogens (primary N) is 1. The number of anilines is 2. The highest BCUT2D eigenvalue weighted by molar-refractivity contribution is 5.51. The smallest absolute Gasteiger partial charge is 0.129 e. The Balaban J connectivity index is 1.66. The first-order valence-electron chi connectivity index (χ1n) is 7.46. The minimum absolute atomic E-state index is 0.722. The van der Waals surface area contributed by atoms with Gasteiger partial charge in [0.25, 0.3) is 0 Å². The van der Waals surface area contributed by atoms with E-state index in [0.29, 0.717) is 0 Å². The Morgan fingerprint density at radius 3 is 2.68 bits per heavy atom. The Bertz CT molecular complexity index is 440. The lowest BCUT2D eigenvalue weighted by molar-refractivity contribution is 0.175. The summed E-state index contributed by atoms with van der Waals surface area (Å²) in [7, 11) is 0. The lowest BCUT2D eigenvalue weighted by atomic mass is 10.1. The highest BCUT2D eigenvalue weighted by Gasteiger charge is 2.29. The summed E-state index contributed by atoms with van der Waals surface area (Å²) in [4.78, 5) is 9.70. The summed E-state index contributed by atoms with van der Waals surface area (Å²) in [6.07, 6.45) is 5.42. The van der Waals surface area contributed by atoms with Gasteiger partial charge in [-0.2, -0.15) is 0 Å². The van der Waals surface area contributed by atoms with Crippen molar-refractivity contribution in [1.82, 2.24) is 9.88 Å². The second-order valence-electron chi connectivity index (χ2n) is 5.83. The van der Waals surface area contributed by atoms with Crippen LogP contribution in [0.5, 0.6) is 0 Å². The predicted molar refractivity (Wildman–Crippen MR) is 79.4 cm³/mol. The second-order valence-corrected chi connectivity index (χ2v) is 5.83. The summed E-state index contributed by atoms with van der Waals surface area (Å²) >= 11 is 0. The maximum absolute atomic E-state index is 5.84. The van der Waals surface area contributed by atoms with E-state index in [-0.39, 0.29) is 0 Å². The molecule has 1 unspecified atom stereocenters. The highest BCUT2D eigenvalue weighted by atomic mass is 15.3. The normalized spacial score (nSPS) is 24.9. The number of likely N-dealkylation sites (tertiary alicyclic amines) is 1. The van der Waals surface area contributed by atoms with Crippen LogP contribution in [-0.2, 0) is 0 Å². The molecule has 2 N–H and O–H groups in total. The number of pyridine rings is 1. The fraction of sp³-hybridized carbons (Fsp3) is 0.667. The molecule has 1 atom stereocenters.